The van der Waals surface area contributed by atoms with Crippen LogP contribution in [0.15, 0.2) is 0 Å². The summed E-state index contributed by atoms with van der Waals surface area (Å²) in [6.45, 7) is 5.62. The Bertz CT molecular complexity index is 158. The first-order valence-electron chi connectivity index (χ1n) is 5.31. The van der Waals surface area contributed by atoms with Crippen LogP contribution in [0, 0.1) is 0 Å². The SMILES string of the molecule is CCOC(CS(=O)CCCOC)OCC. The quantitative estimate of drug-likeness (QED) is 0.423. The van der Waals surface area contributed by atoms with Gasteiger partial charge < -0.3 is 14.2 Å². The van der Waals surface area contributed by atoms with Crippen molar-refractivity contribution in [2.45, 2.75) is 26.6 Å². The van der Waals surface area contributed by atoms with Gasteiger partial charge >= 0.3 is 0 Å². The van der Waals surface area contributed by atoms with Gasteiger partial charge in [-0.25, -0.2) is 0 Å². The summed E-state index contributed by atoms with van der Waals surface area (Å²) in [4.78, 5) is 0. The van der Waals surface area contributed by atoms with E-state index in [1.54, 1.807) is 7.11 Å². The van der Waals surface area contributed by atoms with Crippen molar-refractivity contribution in [1.29, 1.82) is 0 Å². The Kier molecular flexibility index (Phi) is 10.6. The lowest BCUT2D eigenvalue weighted by atomic mass is 10.5. The molecule has 0 aliphatic heterocycles. The molecule has 4 nitrogen and oxygen atoms in total. The molecule has 92 valence electrons. The minimum absolute atomic E-state index is 0.330. The van der Waals surface area contributed by atoms with E-state index >= 15 is 0 Å². The molecule has 0 aromatic rings. The molecule has 0 fully saturated rings. The van der Waals surface area contributed by atoms with Crippen LogP contribution in [0.5, 0.6) is 0 Å². The Hall–Kier alpha value is 0.0300. The van der Waals surface area contributed by atoms with Crippen LogP contribution in [-0.4, -0.2) is 48.9 Å². The van der Waals surface area contributed by atoms with Crippen molar-refractivity contribution < 1.29 is 18.4 Å². The Morgan fingerprint density at radius 3 is 2.27 bits per heavy atom. The lowest BCUT2D eigenvalue weighted by Crippen LogP contribution is -2.25. The summed E-state index contributed by atoms with van der Waals surface area (Å²) in [5.74, 6) is 1.09. The summed E-state index contributed by atoms with van der Waals surface area (Å²) in [5, 5.41) is 0. The second kappa shape index (κ2) is 10.5. The predicted octanol–water partition coefficient (Wildman–Crippen LogP) is 1.17. The van der Waals surface area contributed by atoms with Crippen molar-refractivity contribution in [1.82, 2.24) is 0 Å². The van der Waals surface area contributed by atoms with Crippen LogP contribution in [-0.2, 0) is 25.0 Å². The summed E-state index contributed by atoms with van der Waals surface area (Å²) < 4.78 is 27.1. The van der Waals surface area contributed by atoms with E-state index in [1.165, 1.54) is 0 Å². The number of hydrogen-bond acceptors (Lipinski definition) is 4. The predicted molar refractivity (Wildman–Crippen MR) is 61.4 cm³/mol. The Morgan fingerprint density at radius 2 is 1.80 bits per heavy atom. The summed E-state index contributed by atoms with van der Waals surface area (Å²) >= 11 is 0. The number of ether oxygens (including phenoxy) is 3. The highest BCUT2D eigenvalue weighted by Crippen LogP contribution is 2.00. The second-order valence-corrected chi connectivity index (χ2v) is 4.62. The third kappa shape index (κ3) is 8.99. The number of hydrogen-bond donors (Lipinski definition) is 0. The van der Waals surface area contributed by atoms with E-state index < -0.39 is 10.8 Å². The molecule has 0 aliphatic rings. The normalized spacial score (nSPS) is 13.3. The standard InChI is InChI=1S/C10H22O4S/c1-4-13-10(14-5-2)9-15(11)8-6-7-12-3/h10H,4-9H2,1-3H3. The molecule has 0 N–H and O–H groups in total. The van der Waals surface area contributed by atoms with Crippen molar-refractivity contribution in [2.75, 3.05) is 38.4 Å². The topological polar surface area (TPSA) is 44.8 Å². The zero-order valence-corrected chi connectivity index (χ0v) is 10.7. The smallest absolute Gasteiger partial charge is 0.168 e. The molecule has 0 heterocycles. The Balaban J connectivity index is 3.67. The van der Waals surface area contributed by atoms with Gasteiger partial charge in [-0.3, -0.25) is 4.21 Å². The van der Waals surface area contributed by atoms with Crippen molar-refractivity contribution >= 4 is 10.8 Å². The largest absolute Gasteiger partial charge is 0.385 e. The molecular weight excluding hydrogens is 216 g/mol. The van der Waals surface area contributed by atoms with Crippen LogP contribution >= 0.6 is 0 Å². The average Bonchev–Trinajstić information content (AvgIpc) is 2.19. The highest BCUT2D eigenvalue weighted by Gasteiger charge is 2.12. The second-order valence-electron chi connectivity index (χ2n) is 3.00. The maximum atomic E-state index is 11.6. The molecule has 0 aromatic carbocycles. The van der Waals surface area contributed by atoms with Gasteiger partial charge in [-0.1, -0.05) is 0 Å². The van der Waals surface area contributed by atoms with Gasteiger partial charge in [0, 0.05) is 43.5 Å². The third-order valence-corrected chi connectivity index (χ3v) is 3.14. The number of methoxy groups -OCH3 is 1. The van der Waals surface area contributed by atoms with Gasteiger partial charge in [0.2, 0.25) is 0 Å². The molecule has 0 aromatic heterocycles. The zero-order valence-electron chi connectivity index (χ0n) is 9.86. The third-order valence-electron chi connectivity index (χ3n) is 1.75. The van der Waals surface area contributed by atoms with E-state index in [4.69, 9.17) is 14.2 Å². The van der Waals surface area contributed by atoms with Crippen LogP contribution in [0.3, 0.4) is 0 Å². The van der Waals surface area contributed by atoms with Crippen LogP contribution in [0.2, 0.25) is 0 Å². The molecule has 0 aliphatic carbocycles. The van der Waals surface area contributed by atoms with Gasteiger partial charge in [0.05, 0.1) is 5.75 Å². The van der Waals surface area contributed by atoms with Crippen molar-refractivity contribution in [3.63, 3.8) is 0 Å². The summed E-state index contributed by atoms with van der Waals surface area (Å²) in [7, 11) is 0.760. The number of rotatable bonds is 10. The van der Waals surface area contributed by atoms with Crippen molar-refractivity contribution in [3.8, 4) is 0 Å². The van der Waals surface area contributed by atoms with Crippen molar-refractivity contribution in [2.24, 2.45) is 0 Å². The zero-order chi connectivity index (χ0) is 11.5. The minimum Gasteiger partial charge on any atom is -0.385 e. The van der Waals surface area contributed by atoms with Crippen LogP contribution in [0.1, 0.15) is 20.3 Å². The van der Waals surface area contributed by atoms with E-state index in [0.29, 0.717) is 31.3 Å². The fourth-order valence-corrected chi connectivity index (χ4v) is 2.22. The van der Waals surface area contributed by atoms with Gasteiger partial charge in [0.1, 0.15) is 0 Å². The van der Waals surface area contributed by atoms with Gasteiger partial charge in [-0.2, -0.15) is 0 Å². The van der Waals surface area contributed by atoms with Gasteiger partial charge in [0.25, 0.3) is 0 Å². The van der Waals surface area contributed by atoms with Gasteiger partial charge in [0.15, 0.2) is 6.29 Å². The molecule has 0 bridgehead atoms. The summed E-state index contributed by atoms with van der Waals surface area (Å²) in [6, 6.07) is 0. The van der Waals surface area contributed by atoms with E-state index in [2.05, 4.69) is 0 Å². The van der Waals surface area contributed by atoms with E-state index in [0.717, 1.165) is 6.42 Å². The molecule has 0 spiro atoms. The molecule has 1 atom stereocenters. The van der Waals surface area contributed by atoms with Gasteiger partial charge in [-0.15, -0.1) is 0 Å². The highest BCUT2D eigenvalue weighted by atomic mass is 32.2. The molecule has 0 saturated heterocycles. The fourth-order valence-electron chi connectivity index (χ4n) is 1.12. The van der Waals surface area contributed by atoms with Crippen LogP contribution in [0.4, 0.5) is 0 Å². The summed E-state index contributed by atoms with van der Waals surface area (Å²) in [6.07, 6.45) is 0.483. The first kappa shape index (κ1) is 15.0. The molecule has 1 unspecified atom stereocenters. The Morgan fingerprint density at radius 1 is 1.20 bits per heavy atom. The first-order valence-corrected chi connectivity index (χ1v) is 6.80. The van der Waals surface area contributed by atoms with E-state index in [1.807, 2.05) is 13.8 Å². The molecule has 0 amide bonds. The van der Waals surface area contributed by atoms with E-state index in [9.17, 15) is 4.21 Å². The Labute approximate surface area is 94.7 Å². The fraction of sp³-hybridized carbons (Fsp3) is 1.00. The molecule has 0 rings (SSSR count). The van der Waals surface area contributed by atoms with Gasteiger partial charge in [-0.05, 0) is 20.3 Å². The lowest BCUT2D eigenvalue weighted by Gasteiger charge is -2.16. The highest BCUT2D eigenvalue weighted by molar-refractivity contribution is 7.85. The maximum Gasteiger partial charge on any atom is 0.168 e. The van der Waals surface area contributed by atoms with Crippen LogP contribution in [0.25, 0.3) is 0 Å². The monoisotopic (exact) mass is 238 g/mol. The average molecular weight is 238 g/mol. The summed E-state index contributed by atoms with van der Waals surface area (Å²) in [5.41, 5.74) is 0. The lowest BCUT2D eigenvalue weighted by molar-refractivity contribution is -0.120. The van der Waals surface area contributed by atoms with E-state index in [-0.39, 0.29) is 6.29 Å². The minimum atomic E-state index is -0.885. The molecule has 5 heteroatoms. The molecule has 0 radical (unpaired) electrons. The maximum absolute atomic E-state index is 11.6. The molecular formula is C10H22O4S. The van der Waals surface area contributed by atoms with Crippen molar-refractivity contribution in [3.05, 3.63) is 0 Å². The van der Waals surface area contributed by atoms with Crippen LogP contribution < -0.4 is 0 Å². The molecule has 15 heavy (non-hydrogen) atoms. The first-order chi connectivity index (χ1) is 7.24. The molecule has 0 saturated carbocycles.